The molecule has 3 rings (SSSR count). The zero-order chi connectivity index (χ0) is 11.0. The third kappa shape index (κ3) is 1.47. The van der Waals surface area contributed by atoms with Crippen molar-refractivity contribution in [1.82, 2.24) is 0 Å². The summed E-state index contributed by atoms with van der Waals surface area (Å²) >= 11 is 0. The van der Waals surface area contributed by atoms with Gasteiger partial charge in [0.05, 0.1) is 13.7 Å². The smallest absolute Gasteiger partial charge is 0.210 e. The molecule has 0 aliphatic carbocycles. The molecule has 16 heavy (non-hydrogen) atoms. The van der Waals surface area contributed by atoms with Crippen LogP contribution in [0.4, 0.5) is 0 Å². The van der Waals surface area contributed by atoms with Gasteiger partial charge in [-0.05, 0) is 25.0 Å². The van der Waals surface area contributed by atoms with E-state index in [0.717, 1.165) is 43.8 Å². The van der Waals surface area contributed by atoms with Crippen LogP contribution in [0, 0.1) is 0 Å². The third-order valence-corrected chi connectivity index (χ3v) is 3.43. The summed E-state index contributed by atoms with van der Waals surface area (Å²) in [5.41, 5.74) is 1.17. The highest BCUT2D eigenvalue weighted by Crippen LogP contribution is 2.42. The maximum atomic E-state index is 6.02. The summed E-state index contributed by atoms with van der Waals surface area (Å²) < 4.78 is 17.1. The molecule has 86 valence electrons. The zero-order valence-electron chi connectivity index (χ0n) is 9.49. The molecule has 1 fully saturated rings. The highest BCUT2D eigenvalue weighted by atomic mass is 16.7. The Morgan fingerprint density at radius 1 is 1.31 bits per heavy atom. The molecule has 1 atom stereocenters. The minimum atomic E-state index is -0.348. The second kappa shape index (κ2) is 3.67. The molecular formula is C13H16O3. The van der Waals surface area contributed by atoms with Crippen molar-refractivity contribution in [2.24, 2.45) is 0 Å². The van der Waals surface area contributed by atoms with E-state index < -0.39 is 0 Å². The summed E-state index contributed by atoms with van der Waals surface area (Å²) in [6, 6.07) is 5.95. The van der Waals surface area contributed by atoms with Gasteiger partial charge in [0, 0.05) is 18.4 Å². The van der Waals surface area contributed by atoms with Crippen molar-refractivity contribution in [2.75, 3.05) is 13.7 Å². The molecular weight excluding hydrogens is 204 g/mol. The van der Waals surface area contributed by atoms with E-state index in [1.807, 2.05) is 18.2 Å². The average Bonchev–Trinajstić information content (AvgIpc) is 2.76. The molecule has 2 aliphatic rings. The first kappa shape index (κ1) is 9.97. The highest BCUT2D eigenvalue weighted by molar-refractivity contribution is 5.46. The molecule has 0 radical (unpaired) electrons. The van der Waals surface area contributed by atoms with E-state index in [4.69, 9.17) is 14.2 Å². The van der Waals surface area contributed by atoms with Gasteiger partial charge in [-0.15, -0.1) is 0 Å². The monoisotopic (exact) mass is 220 g/mol. The Morgan fingerprint density at radius 3 is 3.00 bits per heavy atom. The van der Waals surface area contributed by atoms with Crippen molar-refractivity contribution in [3.63, 3.8) is 0 Å². The number of ether oxygens (including phenoxy) is 3. The molecule has 1 spiro atoms. The predicted octanol–water partition coefficient (Wildman–Crippen LogP) is 2.53. The van der Waals surface area contributed by atoms with Gasteiger partial charge in [0.1, 0.15) is 11.5 Å². The van der Waals surface area contributed by atoms with Crippen LogP contribution in [0.25, 0.3) is 0 Å². The molecule has 3 nitrogen and oxygen atoms in total. The summed E-state index contributed by atoms with van der Waals surface area (Å²) in [5, 5.41) is 0. The van der Waals surface area contributed by atoms with E-state index >= 15 is 0 Å². The SMILES string of the molecule is COc1cccc2c1CCC1(CCCO1)O2. The number of hydrogen-bond donors (Lipinski definition) is 0. The maximum Gasteiger partial charge on any atom is 0.210 e. The molecule has 0 N–H and O–H groups in total. The van der Waals surface area contributed by atoms with Crippen molar-refractivity contribution in [3.05, 3.63) is 23.8 Å². The van der Waals surface area contributed by atoms with Crippen molar-refractivity contribution in [1.29, 1.82) is 0 Å². The van der Waals surface area contributed by atoms with Crippen molar-refractivity contribution in [2.45, 2.75) is 31.5 Å². The molecule has 1 unspecified atom stereocenters. The van der Waals surface area contributed by atoms with Crippen LogP contribution in [-0.4, -0.2) is 19.5 Å². The molecule has 3 heteroatoms. The highest BCUT2D eigenvalue weighted by Gasteiger charge is 2.41. The number of benzene rings is 1. The van der Waals surface area contributed by atoms with E-state index in [1.54, 1.807) is 7.11 Å². The Morgan fingerprint density at radius 2 is 2.25 bits per heavy atom. The largest absolute Gasteiger partial charge is 0.496 e. The minimum absolute atomic E-state index is 0.348. The van der Waals surface area contributed by atoms with Crippen molar-refractivity contribution >= 4 is 0 Å². The van der Waals surface area contributed by atoms with Crippen LogP contribution in [0.3, 0.4) is 0 Å². The van der Waals surface area contributed by atoms with E-state index in [0.29, 0.717) is 0 Å². The topological polar surface area (TPSA) is 27.7 Å². The van der Waals surface area contributed by atoms with Gasteiger partial charge >= 0.3 is 0 Å². The quantitative estimate of drug-likeness (QED) is 0.728. The van der Waals surface area contributed by atoms with Crippen molar-refractivity contribution < 1.29 is 14.2 Å². The van der Waals surface area contributed by atoms with Gasteiger partial charge in [-0.25, -0.2) is 0 Å². The summed E-state index contributed by atoms with van der Waals surface area (Å²) in [5.74, 6) is 1.50. The summed E-state index contributed by atoms with van der Waals surface area (Å²) in [6.07, 6.45) is 4.00. The first-order valence-electron chi connectivity index (χ1n) is 5.82. The molecule has 1 saturated heterocycles. The van der Waals surface area contributed by atoms with Crippen LogP contribution in [0.1, 0.15) is 24.8 Å². The Kier molecular flexibility index (Phi) is 2.28. The Labute approximate surface area is 95.3 Å². The fourth-order valence-corrected chi connectivity index (χ4v) is 2.60. The lowest BCUT2D eigenvalue weighted by Gasteiger charge is -2.34. The van der Waals surface area contributed by atoms with E-state index in [2.05, 4.69) is 0 Å². The Hall–Kier alpha value is -1.22. The molecule has 0 aromatic heterocycles. The van der Waals surface area contributed by atoms with E-state index in [9.17, 15) is 0 Å². The lowest BCUT2D eigenvalue weighted by molar-refractivity contribution is -0.160. The van der Waals surface area contributed by atoms with Crippen LogP contribution in [-0.2, 0) is 11.2 Å². The molecule has 2 aliphatic heterocycles. The zero-order valence-corrected chi connectivity index (χ0v) is 9.49. The number of methoxy groups -OCH3 is 1. The summed E-state index contributed by atoms with van der Waals surface area (Å²) in [6.45, 7) is 0.819. The number of fused-ring (bicyclic) bond motifs is 1. The van der Waals surface area contributed by atoms with Gasteiger partial charge in [-0.1, -0.05) is 6.07 Å². The fraction of sp³-hybridized carbons (Fsp3) is 0.538. The van der Waals surface area contributed by atoms with E-state index in [1.165, 1.54) is 5.56 Å². The lowest BCUT2D eigenvalue weighted by Crippen LogP contribution is -2.38. The van der Waals surface area contributed by atoms with Crippen molar-refractivity contribution in [3.8, 4) is 11.5 Å². The standard InChI is InChI=1S/C13H16O3/c1-14-11-4-2-5-12-10(11)6-8-13(16-12)7-3-9-15-13/h2,4-5H,3,6-9H2,1H3. The first-order chi connectivity index (χ1) is 7.83. The van der Waals surface area contributed by atoms with Gasteiger partial charge in [0.2, 0.25) is 5.79 Å². The third-order valence-electron chi connectivity index (χ3n) is 3.43. The number of hydrogen-bond acceptors (Lipinski definition) is 3. The second-order valence-electron chi connectivity index (χ2n) is 4.40. The average molecular weight is 220 g/mol. The van der Waals surface area contributed by atoms with Gasteiger partial charge in [-0.3, -0.25) is 0 Å². The number of rotatable bonds is 1. The van der Waals surface area contributed by atoms with Crippen LogP contribution >= 0.6 is 0 Å². The second-order valence-corrected chi connectivity index (χ2v) is 4.40. The normalized spacial score (nSPS) is 27.6. The van der Waals surface area contributed by atoms with Crippen LogP contribution in [0.15, 0.2) is 18.2 Å². The van der Waals surface area contributed by atoms with Gasteiger partial charge in [-0.2, -0.15) is 0 Å². The molecule has 2 heterocycles. The molecule has 0 amide bonds. The molecule has 0 bridgehead atoms. The van der Waals surface area contributed by atoms with Crippen LogP contribution in [0.2, 0.25) is 0 Å². The van der Waals surface area contributed by atoms with Crippen LogP contribution < -0.4 is 9.47 Å². The Bertz CT molecular complexity index is 394. The van der Waals surface area contributed by atoms with Gasteiger partial charge in [0.25, 0.3) is 0 Å². The molecule has 1 aromatic rings. The Balaban J connectivity index is 1.94. The summed E-state index contributed by atoms with van der Waals surface area (Å²) in [7, 11) is 1.70. The van der Waals surface area contributed by atoms with E-state index in [-0.39, 0.29) is 5.79 Å². The molecule has 0 saturated carbocycles. The first-order valence-corrected chi connectivity index (χ1v) is 5.82. The predicted molar refractivity (Wildman–Crippen MR) is 59.9 cm³/mol. The minimum Gasteiger partial charge on any atom is -0.496 e. The maximum absolute atomic E-state index is 6.02. The fourth-order valence-electron chi connectivity index (χ4n) is 2.60. The summed E-state index contributed by atoms with van der Waals surface area (Å²) in [4.78, 5) is 0. The van der Waals surface area contributed by atoms with Crippen LogP contribution in [0.5, 0.6) is 11.5 Å². The lowest BCUT2D eigenvalue weighted by atomic mass is 9.97. The van der Waals surface area contributed by atoms with Gasteiger partial charge in [0.15, 0.2) is 0 Å². The molecule has 1 aromatic carbocycles. The van der Waals surface area contributed by atoms with Gasteiger partial charge < -0.3 is 14.2 Å².